The molecule has 11 rings (SSSR count). The molecule has 0 radical (unpaired) electrons. The number of para-hydroxylation sites is 1. The molecule has 0 saturated carbocycles. The summed E-state index contributed by atoms with van der Waals surface area (Å²) in [5.41, 5.74) is 9.46. The number of nitrogens with zero attached hydrogens (tertiary/aromatic N) is 4. The summed E-state index contributed by atoms with van der Waals surface area (Å²) in [6, 6.07) is 20.0. The maximum Gasteiger partial charge on any atom is 0.227 e. The van der Waals surface area contributed by atoms with Gasteiger partial charge in [0.25, 0.3) is 0 Å². The van der Waals surface area contributed by atoms with Crippen molar-refractivity contribution in [3.8, 4) is 11.5 Å². The average molecular weight is 695 g/mol. The number of carbonyl (C=O) groups is 1. The van der Waals surface area contributed by atoms with E-state index in [0.717, 1.165) is 58.4 Å². The molecule has 5 aromatic rings. The molecule has 258 valence electrons. The molecule has 2 aliphatic heterocycles. The largest absolute Gasteiger partial charge is 0.436 e. The van der Waals surface area contributed by atoms with Crippen molar-refractivity contribution in [1.82, 2.24) is 14.9 Å². The smallest absolute Gasteiger partial charge is 0.227 e. The first-order valence-corrected chi connectivity index (χ1v) is 18.3. The fraction of sp³-hybridized carbons (Fsp3) is 0.178. The van der Waals surface area contributed by atoms with Crippen LogP contribution in [0.1, 0.15) is 35.5 Å². The van der Waals surface area contributed by atoms with Crippen molar-refractivity contribution in [3.05, 3.63) is 162 Å². The lowest BCUT2D eigenvalue weighted by Gasteiger charge is -2.50. The number of ether oxygens (including phenoxy) is 1. The van der Waals surface area contributed by atoms with Crippen molar-refractivity contribution in [1.29, 1.82) is 0 Å². The molecule has 4 aliphatic carbocycles. The normalized spacial score (nSPS) is 25.5. The standard InChI is InChI=1S/C45H34N4O4/c50-43-31-9-1-3-11-35(31)48(36-12-4-2-10-32(36)43)29-21-17-27(18-22-29)44-46-33-25-42-34(26-41(33)52-44)47-45(53-42)28-19-23-30(24-20-28)49-37-13-5-7-15-39(37)51-40-16-8-6-14-38(40)49/h1,3-19,21-23,25-26,36-40H,2,20,24H2. The van der Waals surface area contributed by atoms with E-state index in [-0.39, 0.29) is 36.1 Å². The van der Waals surface area contributed by atoms with E-state index in [2.05, 4.69) is 94.8 Å². The number of morpholine rings is 1. The lowest BCUT2D eigenvalue weighted by molar-refractivity contribution is -0.0782. The Kier molecular flexibility index (Phi) is 6.82. The summed E-state index contributed by atoms with van der Waals surface area (Å²) < 4.78 is 19.1. The number of hydrogen-bond acceptors (Lipinski definition) is 8. The topological polar surface area (TPSA) is 84.8 Å². The Hall–Kier alpha value is -6.25. The van der Waals surface area contributed by atoms with Crippen molar-refractivity contribution < 1.29 is 18.4 Å². The minimum atomic E-state index is -0.139. The minimum absolute atomic E-state index is 0.0262. The Morgan fingerprint density at radius 1 is 0.717 bits per heavy atom. The van der Waals surface area contributed by atoms with E-state index in [1.54, 1.807) is 0 Å². The fourth-order valence-corrected chi connectivity index (χ4v) is 8.62. The van der Waals surface area contributed by atoms with Gasteiger partial charge in [0.1, 0.15) is 23.2 Å². The number of aromatic nitrogens is 2. The summed E-state index contributed by atoms with van der Waals surface area (Å²) in [6.45, 7) is 0. The molecule has 1 saturated heterocycles. The van der Waals surface area contributed by atoms with Crippen molar-refractivity contribution in [2.24, 2.45) is 0 Å². The second-order valence-corrected chi connectivity index (χ2v) is 14.2. The van der Waals surface area contributed by atoms with Crippen molar-refractivity contribution in [2.45, 2.75) is 49.6 Å². The van der Waals surface area contributed by atoms with Gasteiger partial charge < -0.3 is 23.4 Å². The predicted molar refractivity (Wildman–Crippen MR) is 205 cm³/mol. The summed E-state index contributed by atoms with van der Waals surface area (Å²) in [5.74, 6) is 1.26. The molecule has 1 fully saturated rings. The van der Waals surface area contributed by atoms with Crippen LogP contribution in [0.3, 0.4) is 0 Å². The summed E-state index contributed by atoms with van der Waals surface area (Å²) in [5, 5.41) is 0. The third-order valence-electron chi connectivity index (χ3n) is 11.2. The number of anilines is 2. The first-order valence-electron chi connectivity index (χ1n) is 18.3. The third kappa shape index (κ3) is 4.90. The van der Waals surface area contributed by atoms with Crippen LogP contribution in [-0.2, 0) is 4.74 Å². The molecule has 4 heterocycles. The van der Waals surface area contributed by atoms with Crippen LogP contribution < -0.4 is 4.90 Å². The number of oxazole rings is 2. The van der Waals surface area contributed by atoms with Crippen LogP contribution in [0.15, 0.2) is 160 Å². The number of ketones is 1. The lowest BCUT2D eigenvalue weighted by Crippen LogP contribution is -2.58. The van der Waals surface area contributed by atoms with Gasteiger partial charge in [-0.2, -0.15) is 0 Å². The summed E-state index contributed by atoms with van der Waals surface area (Å²) in [7, 11) is 0. The minimum Gasteiger partial charge on any atom is -0.436 e. The van der Waals surface area contributed by atoms with Crippen molar-refractivity contribution >= 4 is 44.9 Å². The molecule has 5 unspecified atom stereocenters. The maximum absolute atomic E-state index is 13.3. The first kappa shape index (κ1) is 30.4. The number of Topliss-reactive ketones (excluding diaryl/α,β-unsaturated/α-hetero) is 1. The molecule has 0 bridgehead atoms. The van der Waals surface area contributed by atoms with Crippen molar-refractivity contribution in [3.63, 3.8) is 0 Å². The lowest BCUT2D eigenvalue weighted by atomic mass is 9.86. The number of carbonyl (C=O) groups excluding carboxylic acids is 1. The van der Waals surface area contributed by atoms with Gasteiger partial charge in [-0.25, -0.2) is 9.97 Å². The van der Waals surface area contributed by atoms with Gasteiger partial charge in [0.2, 0.25) is 11.8 Å². The van der Waals surface area contributed by atoms with Gasteiger partial charge in [-0.1, -0.05) is 85.0 Å². The van der Waals surface area contributed by atoms with Gasteiger partial charge in [0, 0.05) is 45.8 Å². The van der Waals surface area contributed by atoms with Gasteiger partial charge in [-0.15, -0.1) is 0 Å². The monoisotopic (exact) mass is 694 g/mol. The number of rotatable bonds is 4. The van der Waals surface area contributed by atoms with Crippen molar-refractivity contribution in [2.75, 3.05) is 4.90 Å². The van der Waals surface area contributed by atoms with E-state index in [9.17, 15) is 4.79 Å². The second kappa shape index (κ2) is 11.9. The summed E-state index contributed by atoms with van der Waals surface area (Å²) in [6.07, 6.45) is 30.4. The highest BCUT2D eigenvalue weighted by molar-refractivity contribution is 6.16. The van der Waals surface area contributed by atoms with E-state index < -0.39 is 0 Å². The van der Waals surface area contributed by atoms with E-state index in [4.69, 9.17) is 23.5 Å². The Morgan fingerprint density at radius 3 is 2.15 bits per heavy atom. The fourth-order valence-electron chi connectivity index (χ4n) is 8.62. The number of fused-ring (bicyclic) bond motifs is 6. The SMILES string of the molecule is O=C1C2=CCC=CC2N(c2ccc(-c3nc4cc5oc(C6=CC=C(N7C8C=CC=CC8OC8C=CC=CC87)CC6)nc5cc4o3)cc2)c2ccccc21. The highest BCUT2D eigenvalue weighted by Gasteiger charge is 2.42. The van der Waals surface area contributed by atoms with Crippen LogP contribution in [0.5, 0.6) is 0 Å². The van der Waals surface area contributed by atoms with E-state index in [1.165, 1.54) is 5.70 Å². The molecule has 2 aromatic heterocycles. The van der Waals surface area contributed by atoms with E-state index in [1.807, 2.05) is 54.6 Å². The Morgan fingerprint density at radius 2 is 1.42 bits per heavy atom. The molecule has 3 aromatic carbocycles. The zero-order valence-corrected chi connectivity index (χ0v) is 28.7. The maximum atomic E-state index is 13.3. The first-order chi connectivity index (χ1) is 26.2. The quantitative estimate of drug-likeness (QED) is 0.172. The highest BCUT2D eigenvalue weighted by Crippen LogP contribution is 2.42. The number of benzene rings is 3. The van der Waals surface area contributed by atoms with Crippen LogP contribution in [0.25, 0.3) is 39.2 Å². The number of allylic oxidation sites excluding steroid dienone is 10. The predicted octanol–water partition coefficient (Wildman–Crippen LogP) is 9.35. The highest BCUT2D eigenvalue weighted by atomic mass is 16.5. The third-order valence-corrected chi connectivity index (χ3v) is 11.2. The molecule has 6 aliphatic rings. The Bertz CT molecular complexity index is 2510. The molecule has 8 heteroatoms. The summed E-state index contributed by atoms with van der Waals surface area (Å²) in [4.78, 5) is 27.8. The zero-order valence-electron chi connectivity index (χ0n) is 28.7. The van der Waals surface area contributed by atoms with Crippen LogP contribution >= 0.6 is 0 Å². The van der Waals surface area contributed by atoms with Gasteiger partial charge >= 0.3 is 0 Å². The second-order valence-electron chi connectivity index (χ2n) is 14.2. The average Bonchev–Trinajstić information content (AvgIpc) is 3.83. The van der Waals surface area contributed by atoms with E-state index >= 15 is 0 Å². The van der Waals surface area contributed by atoms with E-state index in [0.29, 0.717) is 28.5 Å². The van der Waals surface area contributed by atoms with Crippen LogP contribution in [0, 0.1) is 0 Å². The van der Waals surface area contributed by atoms with Gasteiger partial charge in [-0.3, -0.25) is 4.79 Å². The Balaban J connectivity index is 0.863. The van der Waals surface area contributed by atoms with Gasteiger partial charge in [0.15, 0.2) is 16.9 Å². The molecular formula is C45H34N4O4. The van der Waals surface area contributed by atoms with Crippen LogP contribution in [0.2, 0.25) is 0 Å². The molecule has 0 amide bonds. The Labute approximate surface area is 305 Å². The molecule has 53 heavy (non-hydrogen) atoms. The molecular weight excluding hydrogens is 661 g/mol. The molecule has 0 spiro atoms. The van der Waals surface area contributed by atoms with Gasteiger partial charge in [0.05, 0.1) is 23.8 Å². The summed E-state index contributed by atoms with van der Waals surface area (Å²) >= 11 is 0. The number of hydrogen-bond donors (Lipinski definition) is 0. The van der Waals surface area contributed by atoms with Gasteiger partial charge in [-0.05, 0) is 61.7 Å². The molecule has 8 nitrogen and oxygen atoms in total. The zero-order chi connectivity index (χ0) is 35.0. The van der Waals surface area contributed by atoms with Crippen LogP contribution in [-0.4, -0.2) is 51.0 Å². The molecule has 5 atom stereocenters. The molecule has 0 N–H and O–H groups in total. The van der Waals surface area contributed by atoms with Crippen LogP contribution in [0.4, 0.5) is 11.4 Å².